The molecule has 0 aliphatic heterocycles. The summed E-state index contributed by atoms with van der Waals surface area (Å²) in [5, 5.41) is 11.8. The minimum absolute atomic E-state index is 0.122. The van der Waals surface area contributed by atoms with Crippen LogP contribution in [0.5, 0.6) is 0 Å². The molecule has 0 aromatic heterocycles. The van der Waals surface area contributed by atoms with E-state index in [1.165, 1.54) is 69.5 Å². The van der Waals surface area contributed by atoms with Gasteiger partial charge < -0.3 is 28.8 Å². The van der Waals surface area contributed by atoms with E-state index in [1.54, 1.807) is 13.8 Å². The van der Waals surface area contributed by atoms with Crippen molar-refractivity contribution in [2.45, 2.75) is 87.5 Å². The molecule has 0 spiro atoms. The highest BCUT2D eigenvalue weighted by Gasteiger charge is 2.67. The molecule has 1 saturated carbocycles. The van der Waals surface area contributed by atoms with Crippen molar-refractivity contribution in [2.75, 3.05) is 21.3 Å². The van der Waals surface area contributed by atoms with Gasteiger partial charge in [0, 0.05) is 44.3 Å². The summed E-state index contributed by atoms with van der Waals surface area (Å²) in [6.45, 7) is 5.82. The fourth-order valence-electron chi connectivity index (χ4n) is 6.74. The molecule has 266 valence electrons. The summed E-state index contributed by atoms with van der Waals surface area (Å²) in [7, 11) is 2.73. The zero-order valence-electron chi connectivity index (χ0n) is 27.6. The molecule has 1 N–H and O–H groups in total. The first-order valence-corrected chi connectivity index (χ1v) is 14.9. The number of halogens is 6. The van der Waals surface area contributed by atoms with Crippen molar-refractivity contribution in [3.63, 3.8) is 0 Å². The second-order valence-corrected chi connectivity index (χ2v) is 12.5. The molecule has 3 rings (SSSR count). The predicted molar refractivity (Wildman–Crippen MR) is 160 cm³/mol. The molecule has 1 aliphatic rings. The molecule has 0 bridgehead atoms. The van der Waals surface area contributed by atoms with Crippen LogP contribution < -0.4 is 0 Å². The van der Waals surface area contributed by atoms with Crippen LogP contribution in [0.2, 0.25) is 0 Å². The van der Waals surface area contributed by atoms with Crippen LogP contribution in [-0.2, 0) is 44.5 Å². The van der Waals surface area contributed by atoms with Gasteiger partial charge in [0.05, 0.1) is 5.60 Å². The second-order valence-electron chi connectivity index (χ2n) is 12.5. The molecule has 0 heterocycles. The van der Waals surface area contributed by atoms with Crippen molar-refractivity contribution in [1.29, 1.82) is 0 Å². The third-order valence-corrected chi connectivity index (χ3v) is 9.01. The number of carbonyl (C=O) groups excluding carboxylic acids is 2. The summed E-state index contributed by atoms with van der Waals surface area (Å²) >= 11 is 0. The predicted octanol–water partition coefficient (Wildman–Crippen LogP) is 6.55. The topological polar surface area (TPSA) is 101 Å². The Bertz CT molecular complexity index is 1420. The number of benzene rings is 2. The minimum Gasteiger partial charge on any atom is -0.460 e. The second kappa shape index (κ2) is 13.8. The van der Waals surface area contributed by atoms with Crippen LogP contribution in [0.25, 0.3) is 0 Å². The summed E-state index contributed by atoms with van der Waals surface area (Å²) in [6.07, 6.45) is -11.0. The first kappa shape index (κ1) is 39.0. The molecule has 0 radical (unpaired) electrons. The van der Waals surface area contributed by atoms with Crippen molar-refractivity contribution < 1.29 is 64.7 Å². The average Bonchev–Trinajstić information content (AvgIpc) is 2.97. The zero-order valence-corrected chi connectivity index (χ0v) is 27.6. The van der Waals surface area contributed by atoms with E-state index >= 15 is 0 Å². The van der Waals surface area contributed by atoms with Gasteiger partial charge in [0.2, 0.25) is 0 Å². The van der Waals surface area contributed by atoms with Crippen LogP contribution in [0.4, 0.5) is 26.3 Å². The first-order valence-electron chi connectivity index (χ1n) is 14.9. The number of rotatable bonds is 11. The van der Waals surface area contributed by atoms with Gasteiger partial charge in [0.25, 0.3) is 11.2 Å². The maximum Gasteiger partial charge on any atom is 0.432 e. The number of carbonyl (C=O) groups is 2. The van der Waals surface area contributed by atoms with Crippen LogP contribution in [0.3, 0.4) is 0 Å². The van der Waals surface area contributed by atoms with Crippen molar-refractivity contribution >= 4 is 11.9 Å². The van der Waals surface area contributed by atoms with Crippen LogP contribution in [0.15, 0.2) is 72.8 Å². The molecule has 2 aromatic rings. The number of hydrogen-bond donors (Lipinski definition) is 1. The molecule has 6 atom stereocenters. The highest BCUT2D eigenvalue weighted by Crippen LogP contribution is 2.54. The molecule has 0 amide bonds. The van der Waals surface area contributed by atoms with Crippen molar-refractivity contribution in [3.05, 3.63) is 83.9 Å². The molecule has 8 nitrogen and oxygen atoms in total. The lowest BCUT2D eigenvalue weighted by molar-refractivity contribution is -0.283. The molecular formula is C34H40F6O8. The van der Waals surface area contributed by atoms with Gasteiger partial charge in [0.15, 0.2) is 0 Å². The molecule has 0 saturated heterocycles. The molecule has 2 aromatic carbocycles. The van der Waals surface area contributed by atoms with Gasteiger partial charge in [-0.2, -0.15) is 26.3 Å². The van der Waals surface area contributed by atoms with Crippen LogP contribution in [0, 0.1) is 5.41 Å². The Morgan fingerprint density at radius 2 is 1.23 bits per heavy atom. The maximum absolute atomic E-state index is 14.5. The van der Waals surface area contributed by atoms with E-state index in [0.29, 0.717) is 0 Å². The average molecular weight is 691 g/mol. The number of hydrogen-bond acceptors (Lipinski definition) is 8. The minimum atomic E-state index is -5.22. The number of esters is 2. The molecule has 48 heavy (non-hydrogen) atoms. The summed E-state index contributed by atoms with van der Waals surface area (Å²) in [4.78, 5) is 26.4. The number of ether oxygens (including phenoxy) is 5. The molecule has 0 unspecified atom stereocenters. The van der Waals surface area contributed by atoms with Crippen molar-refractivity contribution in [2.24, 2.45) is 5.41 Å². The Hall–Kier alpha value is -3.46. The third kappa shape index (κ3) is 6.59. The zero-order chi connectivity index (χ0) is 36.4. The summed E-state index contributed by atoms with van der Waals surface area (Å²) in [6, 6.07) is 12.5. The smallest absolute Gasteiger partial charge is 0.432 e. The third-order valence-electron chi connectivity index (χ3n) is 9.01. The quantitative estimate of drug-likeness (QED) is 0.161. The largest absolute Gasteiger partial charge is 0.460 e. The van der Waals surface area contributed by atoms with E-state index in [9.17, 15) is 41.0 Å². The van der Waals surface area contributed by atoms with Crippen LogP contribution in [-0.4, -0.2) is 74.1 Å². The highest BCUT2D eigenvalue weighted by atomic mass is 19.4. The molecule has 14 heteroatoms. The van der Waals surface area contributed by atoms with Gasteiger partial charge in [-0.05, 0) is 32.4 Å². The molecule has 1 fully saturated rings. The van der Waals surface area contributed by atoms with E-state index in [4.69, 9.17) is 23.7 Å². The van der Waals surface area contributed by atoms with Gasteiger partial charge in [-0.25, -0.2) is 9.59 Å². The van der Waals surface area contributed by atoms with Crippen LogP contribution >= 0.6 is 0 Å². The van der Waals surface area contributed by atoms with Crippen molar-refractivity contribution in [3.8, 4) is 0 Å². The Labute approximate surface area is 275 Å². The Morgan fingerprint density at radius 1 is 0.792 bits per heavy atom. The standard InChI is InChI=1S/C34H40F6O8/c1-22(47-26(41)31(45-6,33(35,36)37)23-14-10-8-11-15-23)18-19-30(44-5)28(2,3)20-25(21-29(30,4)43)48-27(42)32(46-7,34(38,39)40)24-16-12-9-13-17-24/h8-19,22,25,43H,20-21H2,1-7H3/b19-18+/t22-,25-,29+,30+,31+,32+/m0/s1. The van der Waals surface area contributed by atoms with E-state index in [2.05, 4.69) is 0 Å². The normalized spacial score (nSPS) is 26.2. The van der Waals surface area contributed by atoms with Gasteiger partial charge in [-0.3, -0.25) is 0 Å². The summed E-state index contributed by atoms with van der Waals surface area (Å²) < 4.78 is 112. The van der Waals surface area contributed by atoms with E-state index in [1.807, 2.05) is 0 Å². The fraction of sp³-hybridized carbons (Fsp3) is 0.529. The Morgan fingerprint density at radius 3 is 1.60 bits per heavy atom. The summed E-state index contributed by atoms with van der Waals surface area (Å²) in [5.41, 5.74) is -12.7. The lowest BCUT2D eigenvalue weighted by atomic mass is 9.57. The SMILES string of the molecule is CO[C@@](C(=O)O[C@H]1CC(C)(C)[C@@](/C=C/[C@H](C)OC(=O)[C@](OC)(c2ccccc2)C(F)(F)F)(OC)[C@](C)(O)C1)(c1ccccc1)C(F)(F)F. The maximum atomic E-state index is 14.5. The van der Waals surface area contributed by atoms with Crippen molar-refractivity contribution in [1.82, 2.24) is 0 Å². The van der Waals surface area contributed by atoms with E-state index in [-0.39, 0.29) is 6.42 Å². The number of aliphatic hydroxyl groups is 1. The Balaban J connectivity index is 1.91. The lowest BCUT2D eigenvalue weighted by Crippen LogP contribution is -2.66. The number of alkyl halides is 6. The van der Waals surface area contributed by atoms with Crippen LogP contribution in [0.1, 0.15) is 51.7 Å². The lowest BCUT2D eigenvalue weighted by Gasteiger charge is -2.57. The molecule has 1 aliphatic carbocycles. The van der Waals surface area contributed by atoms with Gasteiger partial charge in [-0.1, -0.05) is 74.5 Å². The summed E-state index contributed by atoms with van der Waals surface area (Å²) in [5.74, 6) is -3.47. The molecular weight excluding hydrogens is 650 g/mol. The monoisotopic (exact) mass is 690 g/mol. The number of methoxy groups -OCH3 is 3. The van der Waals surface area contributed by atoms with Gasteiger partial charge in [-0.15, -0.1) is 0 Å². The van der Waals surface area contributed by atoms with E-state index < -0.39 is 81.9 Å². The highest BCUT2D eigenvalue weighted by molar-refractivity contribution is 5.83. The fourth-order valence-corrected chi connectivity index (χ4v) is 6.74. The van der Waals surface area contributed by atoms with Gasteiger partial charge >= 0.3 is 24.3 Å². The van der Waals surface area contributed by atoms with Gasteiger partial charge in [0.1, 0.15) is 17.8 Å². The Kier molecular flexibility index (Phi) is 11.2. The van der Waals surface area contributed by atoms with E-state index in [0.717, 1.165) is 38.5 Å². The first-order chi connectivity index (χ1) is 22.1.